The first-order valence-electron chi connectivity index (χ1n) is 7.89. The van der Waals surface area contributed by atoms with Crippen LogP contribution in [0.25, 0.3) is 0 Å². The van der Waals surface area contributed by atoms with Gasteiger partial charge in [-0.25, -0.2) is 4.98 Å². The number of aromatic nitrogens is 2. The summed E-state index contributed by atoms with van der Waals surface area (Å²) in [7, 11) is 0. The fraction of sp³-hybridized carbons (Fsp3) is 0.500. The second kappa shape index (κ2) is 10.7. The molecule has 0 amide bonds. The molecular weight excluding hydrogens is 329 g/mol. The van der Waals surface area contributed by atoms with Gasteiger partial charge in [-0.3, -0.25) is 4.90 Å². The number of benzene rings is 1. The maximum absolute atomic E-state index is 4.49. The number of H-pyrrole nitrogens is 1. The van der Waals surface area contributed by atoms with Crippen molar-refractivity contribution in [2.45, 2.75) is 52.1 Å². The van der Waals surface area contributed by atoms with Crippen LogP contribution in [0.3, 0.4) is 0 Å². The molecule has 0 aliphatic heterocycles. The number of nitrogens with zero attached hydrogens (tertiary/aromatic N) is 2. The molecule has 0 bridgehead atoms. The van der Waals surface area contributed by atoms with Crippen molar-refractivity contribution in [1.82, 2.24) is 14.9 Å². The van der Waals surface area contributed by atoms with E-state index in [-0.39, 0.29) is 24.8 Å². The van der Waals surface area contributed by atoms with Gasteiger partial charge in [0.15, 0.2) is 0 Å². The summed E-state index contributed by atoms with van der Waals surface area (Å²) >= 11 is 0. The van der Waals surface area contributed by atoms with Crippen molar-refractivity contribution in [3.63, 3.8) is 0 Å². The minimum atomic E-state index is 0. The Morgan fingerprint density at radius 3 is 2.09 bits per heavy atom. The molecule has 0 spiro atoms. The third-order valence-corrected chi connectivity index (χ3v) is 4.08. The Kier molecular flexibility index (Phi) is 10.2. The summed E-state index contributed by atoms with van der Waals surface area (Å²) < 4.78 is 0. The molecule has 0 radical (unpaired) electrons. The van der Waals surface area contributed by atoms with Crippen molar-refractivity contribution in [3.05, 3.63) is 54.1 Å². The van der Waals surface area contributed by atoms with Gasteiger partial charge < -0.3 is 4.98 Å². The van der Waals surface area contributed by atoms with Gasteiger partial charge in [0.05, 0.1) is 12.0 Å². The minimum absolute atomic E-state index is 0. The standard InChI is InChI=1S/C18H27N3.2ClH/c1-14(2)21(15(3)4)11-10-17(18-12-19-13-20-18)16-8-6-5-7-9-16;;/h5-9,12-15,17H,10-11H2,1-4H3,(H,19,20);2*1H. The van der Waals surface area contributed by atoms with Crippen LogP contribution < -0.4 is 0 Å². The lowest BCUT2D eigenvalue weighted by Crippen LogP contribution is -2.38. The molecule has 0 aliphatic carbocycles. The van der Waals surface area contributed by atoms with Gasteiger partial charge in [0, 0.05) is 24.2 Å². The fourth-order valence-electron chi connectivity index (χ4n) is 3.02. The Hall–Kier alpha value is -1.03. The minimum Gasteiger partial charge on any atom is -0.351 e. The smallest absolute Gasteiger partial charge is 0.0923 e. The van der Waals surface area contributed by atoms with Crippen LogP contribution in [0.2, 0.25) is 0 Å². The molecular formula is C18H29Cl2N3. The van der Waals surface area contributed by atoms with Crippen molar-refractivity contribution < 1.29 is 0 Å². The Morgan fingerprint density at radius 1 is 1.00 bits per heavy atom. The van der Waals surface area contributed by atoms with Crippen molar-refractivity contribution in [2.24, 2.45) is 0 Å². The molecule has 1 aromatic carbocycles. The van der Waals surface area contributed by atoms with E-state index in [1.54, 1.807) is 6.33 Å². The van der Waals surface area contributed by atoms with E-state index in [2.05, 4.69) is 72.9 Å². The van der Waals surface area contributed by atoms with Crippen molar-refractivity contribution in [3.8, 4) is 0 Å². The Bertz CT molecular complexity index is 504. The molecule has 1 N–H and O–H groups in total. The second-order valence-corrected chi connectivity index (χ2v) is 6.17. The van der Waals surface area contributed by atoms with Crippen molar-refractivity contribution >= 4 is 24.8 Å². The maximum atomic E-state index is 4.49. The average molecular weight is 358 g/mol. The van der Waals surface area contributed by atoms with Crippen molar-refractivity contribution in [1.29, 1.82) is 0 Å². The highest BCUT2D eigenvalue weighted by molar-refractivity contribution is 5.85. The first kappa shape index (κ1) is 22.0. The van der Waals surface area contributed by atoms with E-state index in [9.17, 15) is 0 Å². The molecule has 0 saturated heterocycles. The molecule has 3 nitrogen and oxygen atoms in total. The number of hydrogen-bond donors (Lipinski definition) is 1. The summed E-state index contributed by atoms with van der Waals surface area (Å²) in [5, 5.41) is 0. The monoisotopic (exact) mass is 357 g/mol. The summed E-state index contributed by atoms with van der Waals surface area (Å²) in [6.45, 7) is 10.2. The second-order valence-electron chi connectivity index (χ2n) is 6.17. The van der Waals surface area contributed by atoms with E-state index >= 15 is 0 Å². The van der Waals surface area contributed by atoms with E-state index in [1.165, 1.54) is 5.56 Å². The summed E-state index contributed by atoms with van der Waals surface area (Å²) in [4.78, 5) is 10.1. The maximum Gasteiger partial charge on any atom is 0.0923 e. The topological polar surface area (TPSA) is 31.9 Å². The lowest BCUT2D eigenvalue weighted by Gasteiger charge is -2.31. The quantitative estimate of drug-likeness (QED) is 0.764. The normalized spacial score (nSPS) is 12.1. The van der Waals surface area contributed by atoms with E-state index < -0.39 is 0 Å². The lowest BCUT2D eigenvalue weighted by molar-refractivity contribution is 0.170. The van der Waals surface area contributed by atoms with Crippen LogP contribution in [-0.4, -0.2) is 33.5 Å². The largest absolute Gasteiger partial charge is 0.351 e. The zero-order valence-electron chi connectivity index (χ0n) is 14.4. The van der Waals surface area contributed by atoms with Gasteiger partial charge in [-0.1, -0.05) is 30.3 Å². The van der Waals surface area contributed by atoms with Crippen LogP contribution >= 0.6 is 24.8 Å². The zero-order valence-corrected chi connectivity index (χ0v) is 16.0. The van der Waals surface area contributed by atoms with Gasteiger partial charge in [-0.05, 0) is 46.2 Å². The highest BCUT2D eigenvalue weighted by atomic mass is 35.5. The molecule has 130 valence electrons. The van der Waals surface area contributed by atoms with Crippen LogP contribution in [0, 0.1) is 0 Å². The van der Waals surface area contributed by atoms with E-state index in [0.29, 0.717) is 18.0 Å². The molecule has 1 aromatic heterocycles. The van der Waals surface area contributed by atoms with Gasteiger partial charge in [-0.15, -0.1) is 24.8 Å². The summed E-state index contributed by atoms with van der Waals surface area (Å²) in [5.74, 6) is 0.359. The molecule has 0 saturated carbocycles. The first-order valence-corrected chi connectivity index (χ1v) is 7.89. The van der Waals surface area contributed by atoms with Gasteiger partial charge in [0.25, 0.3) is 0 Å². The van der Waals surface area contributed by atoms with E-state index in [0.717, 1.165) is 18.7 Å². The third kappa shape index (κ3) is 6.17. The Labute approximate surface area is 152 Å². The first-order chi connectivity index (χ1) is 10.1. The molecule has 2 rings (SSSR count). The van der Waals surface area contributed by atoms with Gasteiger partial charge in [0.2, 0.25) is 0 Å². The zero-order chi connectivity index (χ0) is 15.2. The number of hydrogen-bond acceptors (Lipinski definition) is 2. The molecule has 0 aliphatic rings. The Balaban J connectivity index is 0.00000242. The summed E-state index contributed by atoms with van der Waals surface area (Å²) in [6, 6.07) is 11.8. The summed E-state index contributed by atoms with van der Waals surface area (Å²) in [6.07, 6.45) is 4.88. The highest BCUT2D eigenvalue weighted by Crippen LogP contribution is 2.27. The van der Waals surface area contributed by atoms with Crippen molar-refractivity contribution in [2.75, 3.05) is 6.54 Å². The van der Waals surface area contributed by atoms with Gasteiger partial charge in [0.1, 0.15) is 0 Å². The molecule has 23 heavy (non-hydrogen) atoms. The van der Waals surface area contributed by atoms with E-state index in [4.69, 9.17) is 0 Å². The summed E-state index contributed by atoms with van der Waals surface area (Å²) in [5.41, 5.74) is 2.48. The van der Waals surface area contributed by atoms with Crippen LogP contribution in [-0.2, 0) is 0 Å². The molecule has 5 heteroatoms. The van der Waals surface area contributed by atoms with E-state index in [1.807, 2.05) is 6.20 Å². The highest BCUT2D eigenvalue weighted by Gasteiger charge is 2.20. The van der Waals surface area contributed by atoms with Crippen LogP contribution in [0.4, 0.5) is 0 Å². The number of halogens is 2. The van der Waals surface area contributed by atoms with Crippen LogP contribution in [0.15, 0.2) is 42.9 Å². The fourth-order valence-corrected chi connectivity index (χ4v) is 3.02. The lowest BCUT2D eigenvalue weighted by atomic mass is 9.92. The molecule has 1 unspecified atom stereocenters. The number of rotatable bonds is 7. The number of imidazole rings is 1. The third-order valence-electron chi connectivity index (χ3n) is 4.08. The number of aromatic amines is 1. The Morgan fingerprint density at radius 2 is 1.61 bits per heavy atom. The molecule has 2 aromatic rings. The van der Waals surface area contributed by atoms with Gasteiger partial charge in [-0.2, -0.15) is 0 Å². The molecule has 1 heterocycles. The number of nitrogens with one attached hydrogen (secondary N) is 1. The van der Waals surface area contributed by atoms with Crippen LogP contribution in [0.1, 0.15) is 51.3 Å². The average Bonchev–Trinajstić information content (AvgIpc) is 2.97. The molecule has 1 atom stereocenters. The van der Waals surface area contributed by atoms with Crippen LogP contribution in [0.5, 0.6) is 0 Å². The van der Waals surface area contributed by atoms with Gasteiger partial charge >= 0.3 is 0 Å². The predicted molar refractivity (Wildman–Crippen MR) is 103 cm³/mol. The molecule has 0 fully saturated rings. The SMILES string of the molecule is CC(C)N(CCC(c1ccccc1)c1c[nH]cn1)C(C)C.Cl.Cl. The predicted octanol–water partition coefficient (Wildman–Crippen LogP) is 4.89.